The maximum atomic E-state index is 5.39. The molecule has 2 rings (SSSR count). The second-order valence-corrected chi connectivity index (χ2v) is 4.69. The lowest BCUT2D eigenvalue weighted by Gasteiger charge is -2.26. The standard InChI is InChI=1S/C13H20N2O/c1-3-16-12-8-6-7-11(14-12)15-13(2)9-4-5-10-13/h6-8H,3-5,9-10H2,1-2H3,(H,14,15). The quantitative estimate of drug-likeness (QED) is 0.846. The van der Waals surface area contributed by atoms with Crippen molar-refractivity contribution in [3.63, 3.8) is 0 Å². The average molecular weight is 220 g/mol. The minimum Gasteiger partial charge on any atom is -0.478 e. The first kappa shape index (κ1) is 11.2. The van der Waals surface area contributed by atoms with Crippen LogP contribution in [0.3, 0.4) is 0 Å². The third kappa shape index (κ3) is 2.65. The largest absolute Gasteiger partial charge is 0.478 e. The van der Waals surface area contributed by atoms with E-state index in [0.29, 0.717) is 12.5 Å². The summed E-state index contributed by atoms with van der Waals surface area (Å²) in [5.41, 5.74) is 0.220. The van der Waals surface area contributed by atoms with Crippen molar-refractivity contribution in [2.45, 2.75) is 45.1 Å². The van der Waals surface area contributed by atoms with Gasteiger partial charge in [-0.05, 0) is 32.8 Å². The number of aromatic nitrogens is 1. The highest BCUT2D eigenvalue weighted by Gasteiger charge is 2.28. The van der Waals surface area contributed by atoms with E-state index in [0.717, 1.165) is 5.82 Å². The third-order valence-electron chi connectivity index (χ3n) is 3.15. The van der Waals surface area contributed by atoms with Crippen LogP contribution in [0.1, 0.15) is 39.5 Å². The number of anilines is 1. The summed E-state index contributed by atoms with van der Waals surface area (Å²) in [5.74, 6) is 1.63. The van der Waals surface area contributed by atoms with Crippen LogP contribution in [0.4, 0.5) is 5.82 Å². The number of nitrogens with zero attached hydrogens (tertiary/aromatic N) is 1. The van der Waals surface area contributed by atoms with Gasteiger partial charge in [-0.15, -0.1) is 0 Å². The Morgan fingerprint density at radius 1 is 1.38 bits per heavy atom. The first-order valence-electron chi connectivity index (χ1n) is 6.10. The van der Waals surface area contributed by atoms with Gasteiger partial charge in [0.1, 0.15) is 5.82 Å². The van der Waals surface area contributed by atoms with Crippen LogP contribution in [-0.4, -0.2) is 17.1 Å². The Morgan fingerprint density at radius 3 is 2.81 bits per heavy atom. The fraction of sp³-hybridized carbons (Fsp3) is 0.615. The molecule has 1 aliphatic carbocycles. The van der Waals surface area contributed by atoms with Crippen molar-refractivity contribution >= 4 is 5.82 Å². The topological polar surface area (TPSA) is 34.1 Å². The SMILES string of the molecule is CCOc1cccc(NC2(C)CCCC2)n1. The fourth-order valence-corrected chi connectivity index (χ4v) is 2.30. The van der Waals surface area contributed by atoms with Crippen molar-refractivity contribution in [1.29, 1.82) is 0 Å². The minimum atomic E-state index is 0.220. The van der Waals surface area contributed by atoms with E-state index in [1.54, 1.807) is 0 Å². The molecule has 0 atom stereocenters. The first-order valence-corrected chi connectivity index (χ1v) is 6.10. The van der Waals surface area contributed by atoms with Crippen molar-refractivity contribution in [2.24, 2.45) is 0 Å². The molecular weight excluding hydrogens is 200 g/mol. The maximum Gasteiger partial charge on any atom is 0.215 e. The van der Waals surface area contributed by atoms with Crippen LogP contribution in [0, 0.1) is 0 Å². The van der Waals surface area contributed by atoms with E-state index >= 15 is 0 Å². The molecule has 0 unspecified atom stereocenters. The molecule has 1 aliphatic rings. The molecular formula is C13H20N2O. The van der Waals surface area contributed by atoms with Crippen LogP contribution in [0.5, 0.6) is 5.88 Å². The number of hydrogen-bond donors (Lipinski definition) is 1. The molecule has 1 N–H and O–H groups in total. The second kappa shape index (κ2) is 4.73. The molecule has 0 aliphatic heterocycles. The van der Waals surface area contributed by atoms with Crippen molar-refractivity contribution < 1.29 is 4.74 Å². The van der Waals surface area contributed by atoms with Gasteiger partial charge in [-0.2, -0.15) is 4.98 Å². The molecule has 1 heterocycles. The monoisotopic (exact) mass is 220 g/mol. The highest BCUT2D eigenvalue weighted by molar-refractivity contribution is 5.40. The molecule has 88 valence electrons. The molecule has 0 aromatic carbocycles. The summed E-state index contributed by atoms with van der Waals surface area (Å²) >= 11 is 0. The minimum absolute atomic E-state index is 0.220. The number of rotatable bonds is 4. The van der Waals surface area contributed by atoms with Crippen molar-refractivity contribution in [2.75, 3.05) is 11.9 Å². The molecule has 0 amide bonds. The lowest BCUT2D eigenvalue weighted by Crippen LogP contribution is -2.31. The summed E-state index contributed by atoms with van der Waals surface area (Å²) in [6.45, 7) is 4.91. The van der Waals surface area contributed by atoms with Crippen LogP contribution in [0.2, 0.25) is 0 Å². The molecule has 3 heteroatoms. The Kier molecular flexibility index (Phi) is 3.32. The van der Waals surface area contributed by atoms with E-state index in [-0.39, 0.29) is 5.54 Å². The van der Waals surface area contributed by atoms with Gasteiger partial charge in [-0.25, -0.2) is 0 Å². The van der Waals surface area contributed by atoms with Gasteiger partial charge in [0.2, 0.25) is 5.88 Å². The van der Waals surface area contributed by atoms with Crippen LogP contribution in [0.25, 0.3) is 0 Å². The molecule has 0 bridgehead atoms. The van der Waals surface area contributed by atoms with Gasteiger partial charge < -0.3 is 10.1 Å². The van der Waals surface area contributed by atoms with E-state index in [1.165, 1.54) is 25.7 Å². The smallest absolute Gasteiger partial charge is 0.215 e. The van der Waals surface area contributed by atoms with Gasteiger partial charge >= 0.3 is 0 Å². The lowest BCUT2D eigenvalue weighted by atomic mass is 10.0. The first-order chi connectivity index (χ1) is 7.72. The van der Waals surface area contributed by atoms with Crippen LogP contribution < -0.4 is 10.1 Å². The van der Waals surface area contributed by atoms with E-state index < -0.39 is 0 Å². The highest BCUT2D eigenvalue weighted by Crippen LogP contribution is 2.32. The van der Waals surface area contributed by atoms with Crippen LogP contribution in [-0.2, 0) is 0 Å². The van der Waals surface area contributed by atoms with Crippen molar-refractivity contribution in [1.82, 2.24) is 4.98 Å². The van der Waals surface area contributed by atoms with Gasteiger partial charge in [-0.3, -0.25) is 0 Å². The van der Waals surface area contributed by atoms with E-state index in [4.69, 9.17) is 4.74 Å². The zero-order valence-electron chi connectivity index (χ0n) is 10.1. The Labute approximate surface area is 97.2 Å². The summed E-state index contributed by atoms with van der Waals surface area (Å²) in [4.78, 5) is 4.44. The maximum absolute atomic E-state index is 5.39. The molecule has 1 aromatic rings. The number of ether oxygens (including phenoxy) is 1. The number of nitrogens with one attached hydrogen (secondary N) is 1. The van der Waals surface area contributed by atoms with Gasteiger partial charge in [0.25, 0.3) is 0 Å². The Morgan fingerprint density at radius 2 is 2.12 bits per heavy atom. The lowest BCUT2D eigenvalue weighted by molar-refractivity contribution is 0.327. The van der Waals surface area contributed by atoms with Crippen molar-refractivity contribution in [3.05, 3.63) is 18.2 Å². The molecule has 0 spiro atoms. The fourth-order valence-electron chi connectivity index (χ4n) is 2.30. The molecule has 3 nitrogen and oxygen atoms in total. The summed E-state index contributed by atoms with van der Waals surface area (Å²) in [6, 6.07) is 5.89. The summed E-state index contributed by atoms with van der Waals surface area (Å²) in [5, 5.41) is 3.52. The molecule has 1 fully saturated rings. The molecule has 1 saturated carbocycles. The van der Waals surface area contributed by atoms with Gasteiger partial charge in [0, 0.05) is 11.6 Å². The molecule has 0 saturated heterocycles. The van der Waals surface area contributed by atoms with E-state index in [2.05, 4.69) is 17.2 Å². The second-order valence-electron chi connectivity index (χ2n) is 4.69. The van der Waals surface area contributed by atoms with Crippen LogP contribution >= 0.6 is 0 Å². The Bertz CT molecular complexity index is 346. The predicted octanol–water partition coefficient (Wildman–Crippen LogP) is 3.22. The van der Waals surface area contributed by atoms with Gasteiger partial charge in [0.15, 0.2) is 0 Å². The zero-order valence-corrected chi connectivity index (χ0v) is 10.1. The third-order valence-corrected chi connectivity index (χ3v) is 3.15. The predicted molar refractivity (Wildman–Crippen MR) is 65.9 cm³/mol. The van der Waals surface area contributed by atoms with Gasteiger partial charge in [-0.1, -0.05) is 18.9 Å². The Hall–Kier alpha value is -1.25. The number of pyridine rings is 1. The molecule has 0 radical (unpaired) electrons. The van der Waals surface area contributed by atoms with E-state index in [9.17, 15) is 0 Å². The van der Waals surface area contributed by atoms with E-state index in [1.807, 2.05) is 25.1 Å². The normalized spacial score (nSPS) is 18.4. The number of hydrogen-bond acceptors (Lipinski definition) is 3. The molecule has 16 heavy (non-hydrogen) atoms. The molecule has 1 aromatic heterocycles. The summed E-state index contributed by atoms with van der Waals surface area (Å²) < 4.78 is 5.39. The average Bonchev–Trinajstić information content (AvgIpc) is 2.66. The van der Waals surface area contributed by atoms with Crippen LogP contribution in [0.15, 0.2) is 18.2 Å². The van der Waals surface area contributed by atoms with Crippen molar-refractivity contribution in [3.8, 4) is 5.88 Å². The highest BCUT2D eigenvalue weighted by atomic mass is 16.5. The Balaban J connectivity index is 2.05. The summed E-state index contributed by atoms with van der Waals surface area (Å²) in [7, 11) is 0. The zero-order chi connectivity index (χ0) is 11.4. The van der Waals surface area contributed by atoms with Gasteiger partial charge in [0.05, 0.1) is 6.61 Å². The summed E-state index contributed by atoms with van der Waals surface area (Å²) in [6.07, 6.45) is 5.09.